The van der Waals surface area contributed by atoms with E-state index in [2.05, 4.69) is 5.32 Å². The van der Waals surface area contributed by atoms with Crippen LogP contribution in [0.25, 0.3) is 0 Å². The van der Waals surface area contributed by atoms with Gasteiger partial charge in [0.15, 0.2) is 6.61 Å². The van der Waals surface area contributed by atoms with Crippen LogP contribution in [0.2, 0.25) is 5.02 Å². The van der Waals surface area contributed by atoms with Crippen molar-refractivity contribution in [1.29, 1.82) is 0 Å². The molecule has 0 heterocycles. The summed E-state index contributed by atoms with van der Waals surface area (Å²) in [7, 11) is 0. The number of ether oxygens (including phenoxy) is 1. The van der Waals surface area contributed by atoms with Gasteiger partial charge in [-0.25, -0.2) is 4.79 Å². The quantitative estimate of drug-likeness (QED) is 0.493. The highest BCUT2D eigenvalue weighted by Crippen LogP contribution is 2.23. The second kappa shape index (κ2) is 7.58. The van der Waals surface area contributed by atoms with Gasteiger partial charge in [0.05, 0.1) is 15.5 Å². The van der Waals surface area contributed by atoms with Gasteiger partial charge in [-0.1, -0.05) is 18.5 Å². The van der Waals surface area contributed by atoms with E-state index in [1.807, 2.05) is 13.8 Å². The number of carbonyl (C=O) groups is 2. The van der Waals surface area contributed by atoms with Crippen molar-refractivity contribution in [3.05, 3.63) is 38.9 Å². The van der Waals surface area contributed by atoms with Crippen LogP contribution in [0.3, 0.4) is 0 Å². The summed E-state index contributed by atoms with van der Waals surface area (Å²) < 4.78 is 4.81. The zero-order valence-corrected chi connectivity index (χ0v) is 12.3. The number of nitro benzene ring substituents is 1. The lowest BCUT2D eigenvalue weighted by Crippen LogP contribution is -2.35. The van der Waals surface area contributed by atoms with E-state index in [0.717, 1.165) is 18.6 Å². The number of nitrogens with zero attached hydrogens (tertiary/aromatic N) is 1. The Hall–Kier alpha value is -2.15. The Morgan fingerprint density at radius 3 is 2.67 bits per heavy atom. The Balaban J connectivity index is 2.64. The van der Waals surface area contributed by atoms with Gasteiger partial charge in [-0.05, 0) is 19.4 Å². The Labute approximate surface area is 126 Å². The molecule has 1 amide bonds. The van der Waals surface area contributed by atoms with Gasteiger partial charge in [0.2, 0.25) is 0 Å². The van der Waals surface area contributed by atoms with Gasteiger partial charge in [-0.15, -0.1) is 0 Å². The van der Waals surface area contributed by atoms with E-state index in [-0.39, 0.29) is 22.3 Å². The number of halogens is 1. The summed E-state index contributed by atoms with van der Waals surface area (Å²) in [5.74, 6) is -1.23. The predicted octanol–water partition coefficient (Wildman–Crippen LogP) is 2.32. The van der Waals surface area contributed by atoms with Crippen LogP contribution in [0.4, 0.5) is 5.69 Å². The minimum absolute atomic E-state index is 0.0147. The molecule has 21 heavy (non-hydrogen) atoms. The summed E-state index contributed by atoms with van der Waals surface area (Å²) >= 11 is 5.78. The number of nitro groups is 1. The van der Waals surface area contributed by atoms with E-state index in [4.69, 9.17) is 16.3 Å². The number of carbonyl (C=O) groups excluding carboxylic acids is 2. The van der Waals surface area contributed by atoms with Crippen molar-refractivity contribution in [3.63, 3.8) is 0 Å². The molecule has 114 valence electrons. The number of amides is 1. The summed E-state index contributed by atoms with van der Waals surface area (Å²) in [6.07, 6.45) is 0.758. The minimum Gasteiger partial charge on any atom is -0.452 e. The van der Waals surface area contributed by atoms with Crippen molar-refractivity contribution in [3.8, 4) is 0 Å². The number of hydrogen-bond acceptors (Lipinski definition) is 5. The van der Waals surface area contributed by atoms with Crippen LogP contribution in [0.1, 0.15) is 30.6 Å². The first-order valence-electron chi connectivity index (χ1n) is 6.25. The molecule has 0 aliphatic heterocycles. The van der Waals surface area contributed by atoms with Gasteiger partial charge in [-0.2, -0.15) is 0 Å². The lowest BCUT2D eigenvalue weighted by molar-refractivity contribution is -0.384. The molecule has 0 unspecified atom stereocenters. The summed E-state index contributed by atoms with van der Waals surface area (Å²) in [4.78, 5) is 33.1. The lowest BCUT2D eigenvalue weighted by atomic mass is 10.2. The summed E-state index contributed by atoms with van der Waals surface area (Å²) in [5, 5.41) is 13.1. The molecule has 0 saturated heterocycles. The minimum atomic E-state index is -0.811. The first-order chi connectivity index (χ1) is 9.85. The summed E-state index contributed by atoms with van der Waals surface area (Å²) in [5.41, 5.74) is -0.260. The number of rotatable bonds is 6. The van der Waals surface area contributed by atoms with Crippen molar-refractivity contribution in [2.45, 2.75) is 26.3 Å². The van der Waals surface area contributed by atoms with Crippen molar-refractivity contribution in [1.82, 2.24) is 5.32 Å². The van der Waals surface area contributed by atoms with Gasteiger partial charge in [-0.3, -0.25) is 14.9 Å². The van der Waals surface area contributed by atoms with E-state index in [9.17, 15) is 19.7 Å². The Kier molecular flexibility index (Phi) is 6.10. The van der Waals surface area contributed by atoms with Gasteiger partial charge in [0.1, 0.15) is 0 Å². The SMILES string of the molecule is CC[C@@H](C)NC(=O)COC(=O)c1ccc([N+](=O)[O-])cc1Cl. The van der Waals surface area contributed by atoms with Crippen LogP contribution in [0.5, 0.6) is 0 Å². The molecule has 1 rings (SSSR count). The van der Waals surface area contributed by atoms with Gasteiger partial charge >= 0.3 is 5.97 Å². The molecule has 0 bridgehead atoms. The topological polar surface area (TPSA) is 98.5 Å². The second-order valence-electron chi connectivity index (χ2n) is 4.37. The maximum Gasteiger partial charge on any atom is 0.340 e. The second-order valence-corrected chi connectivity index (χ2v) is 4.78. The smallest absolute Gasteiger partial charge is 0.340 e. The zero-order valence-electron chi connectivity index (χ0n) is 11.6. The van der Waals surface area contributed by atoms with Crippen LogP contribution >= 0.6 is 11.6 Å². The third-order valence-corrected chi connectivity index (χ3v) is 3.05. The molecule has 7 nitrogen and oxygen atoms in total. The molecule has 0 aliphatic carbocycles. The maximum absolute atomic E-state index is 11.7. The third-order valence-electron chi connectivity index (χ3n) is 2.74. The van der Waals surface area contributed by atoms with Gasteiger partial charge in [0, 0.05) is 18.2 Å². The average Bonchev–Trinajstić information content (AvgIpc) is 2.44. The monoisotopic (exact) mass is 314 g/mol. The molecule has 0 aromatic heterocycles. The molecule has 1 atom stereocenters. The molecule has 0 radical (unpaired) electrons. The van der Waals surface area contributed by atoms with Crippen LogP contribution < -0.4 is 5.32 Å². The fraction of sp³-hybridized carbons (Fsp3) is 0.385. The molecule has 1 N–H and O–H groups in total. The Morgan fingerprint density at radius 1 is 1.48 bits per heavy atom. The highest BCUT2D eigenvalue weighted by molar-refractivity contribution is 6.33. The normalized spacial score (nSPS) is 11.6. The highest BCUT2D eigenvalue weighted by atomic mass is 35.5. The van der Waals surface area contributed by atoms with Crippen LogP contribution in [-0.2, 0) is 9.53 Å². The molecule has 1 aromatic rings. The van der Waals surface area contributed by atoms with E-state index in [1.54, 1.807) is 0 Å². The summed E-state index contributed by atoms with van der Waals surface area (Å²) in [6, 6.07) is 3.37. The van der Waals surface area contributed by atoms with E-state index in [1.165, 1.54) is 6.07 Å². The lowest BCUT2D eigenvalue weighted by Gasteiger charge is -2.11. The highest BCUT2D eigenvalue weighted by Gasteiger charge is 2.17. The van der Waals surface area contributed by atoms with Gasteiger partial charge < -0.3 is 10.1 Å². The summed E-state index contributed by atoms with van der Waals surface area (Å²) in [6.45, 7) is 3.30. The first kappa shape index (κ1) is 16.9. The Bertz CT molecular complexity index is 561. The molecule has 0 aliphatic rings. The van der Waals surface area contributed by atoms with Crippen molar-refractivity contribution >= 4 is 29.2 Å². The number of non-ortho nitro benzene ring substituents is 1. The number of benzene rings is 1. The van der Waals surface area contributed by atoms with Crippen molar-refractivity contribution in [2.75, 3.05) is 6.61 Å². The number of esters is 1. The van der Waals surface area contributed by atoms with Crippen LogP contribution in [-0.4, -0.2) is 29.4 Å². The maximum atomic E-state index is 11.7. The van der Waals surface area contributed by atoms with Crippen molar-refractivity contribution < 1.29 is 19.2 Å². The largest absolute Gasteiger partial charge is 0.452 e. The molecule has 0 saturated carbocycles. The molecule has 1 aromatic carbocycles. The van der Waals surface area contributed by atoms with Gasteiger partial charge in [0.25, 0.3) is 11.6 Å². The molecular weight excluding hydrogens is 300 g/mol. The predicted molar refractivity (Wildman–Crippen MR) is 76.3 cm³/mol. The fourth-order valence-corrected chi connectivity index (χ4v) is 1.66. The zero-order chi connectivity index (χ0) is 16.0. The number of hydrogen-bond donors (Lipinski definition) is 1. The first-order valence-corrected chi connectivity index (χ1v) is 6.63. The van der Waals surface area contributed by atoms with E-state index >= 15 is 0 Å². The molecule has 0 fully saturated rings. The molecule has 8 heteroatoms. The number of nitrogens with one attached hydrogen (secondary N) is 1. The average molecular weight is 315 g/mol. The van der Waals surface area contributed by atoms with Crippen LogP contribution in [0, 0.1) is 10.1 Å². The molecule has 0 spiro atoms. The third kappa shape index (κ3) is 5.03. The Morgan fingerprint density at radius 2 is 2.14 bits per heavy atom. The van der Waals surface area contributed by atoms with Crippen LogP contribution in [0.15, 0.2) is 18.2 Å². The van der Waals surface area contributed by atoms with Crippen molar-refractivity contribution in [2.24, 2.45) is 0 Å². The molecular formula is C13H15ClN2O5. The standard InChI is InChI=1S/C13H15ClN2O5/c1-3-8(2)15-12(17)7-21-13(18)10-5-4-9(16(19)20)6-11(10)14/h4-6,8H,3,7H2,1-2H3,(H,15,17)/t8-/m1/s1. The van der Waals surface area contributed by atoms with E-state index in [0.29, 0.717) is 0 Å². The fourth-order valence-electron chi connectivity index (χ4n) is 1.41. The van der Waals surface area contributed by atoms with E-state index < -0.39 is 23.4 Å².